The minimum atomic E-state index is -4.50. The van der Waals surface area contributed by atoms with Crippen LogP contribution in [0.2, 0.25) is 0 Å². The Morgan fingerprint density at radius 2 is 1.81 bits per heavy atom. The van der Waals surface area contributed by atoms with Gasteiger partial charge in [-0.05, 0) is 19.3 Å². The molecule has 1 aliphatic carbocycles. The molecule has 0 saturated heterocycles. The van der Waals surface area contributed by atoms with Gasteiger partial charge < -0.3 is 15.3 Å². The lowest BCUT2D eigenvalue weighted by atomic mass is 10.0. The number of carbonyl (C=O) groups is 3. The smallest absolute Gasteiger partial charge is 0.405 e. The summed E-state index contributed by atoms with van der Waals surface area (Å²) in [5.41, 5.74) is 0. The van der Waals surface area contributed by atoms with Gasteiger partial charge in [0, 0.05) is 13.0 Å². The summed E-state index contributed by atoms with van der Waals surface area (Å²) in [7, 11) is 1.31. The first-order chi connectivity index (χ1) is 9.60. The molecule has 2 amide bonds. The molecule has 6 nitrogen and oxygen atoms in total. The third-order valence-corrected chi connectivity index (χ3v) is 3.37. The highest BCUT2D eigenvalue weighted by atomic mass is 19.4. The molecule has 0 radical (unpaired) electrons. The number of carboxylic acids is 1. The molecule has 0 aromatic heterocycles. The van der Waals surface area contributed by atoms with Crippen molar-refractivity contribution in [3.63, 3.8) is 0 Å². The van der Waals surface area contributed by atoms with Crippen molar-refractivity contribution in [2.75, 3.05) is 20.1 Å². The number of carbonyl (C=O) groups excluding carboxylic acids is 2. The molecule has 2 N–H and O–H groups in total. The summed E-state index contributed by atoms with van der Waals surface area (Å²) < 4.78 is 35.8. The fraction of sp³-hybridized carbons (Fsp3) is 0.750. The Hall–Kier alpha value is -1.80. The van der Waals surface area contributed by atoms with Crippen molar-refractivity contribution in [1.82, 2.24) is 10.2 Å². The maximum Gasteiger partial charge on any atom is 0.405 e. The molecule has 0 spiro atoms. The summed E-state index contributed by atoms with van der Waals surface area (Å²) in [5.74, 6) is -3.36. The number of likely N-dealkylation sites (N-methyl/N-ethyl adjacent to an activating group) is 1. The van der Waals surface area contributed by atoms with E-state index in [9.17, 15) is 27.6 Å². The highest BCUT2D eigenvalue weighted by Gasteiger charge is 2.35. The number of carboxylic acid groups (broad SMARTS) is 1. The van der Waals surface area contributed by atoms with Crippen LogP contribution in [-0.4, -0.2) is 54.1 Å². The van der Waals surface area contributed by atoms with E-state index in [0.29, 0.717) is 12.8 Å². The number of nitrogens with zero attached hydrogens (tertiary/aromatic N) is 1. The van der Waals surface area contributed by atoms with Crippen LogP contribution < -0.4 is 5.32 Å². The Bertz CT molecular complexity index is 425. The molecule has 2 atom stereocenters. The van der Waals surface area contributed by atoms with Crippen molar-refractivity contribution >= 4 is 17.8 Å². The zero-order valence-electron chi connectivity index (χ0n) is 11.4. The second-order valence-corrected chi connectivity index (χ2v) is 5.13. The average molecular weight is 310 g/mol. The second-order valence-electron chi connectivity index (χ2n) is 5.13. The van der Waals surface area contributed by atoms with E-state index in [1.807, 2.05) is 0 Å². The summed E-state index contributed by atoms with van der Waals surface area (Å²) in [6.07, 6.45) is -3.51. The van der Waals surface area contributed by atoms with Crippen LogP contribution in [0.4, 0.5) is 13.2 Å². The monoisotopic (exact) mass is 310 g/mol. The Kier molecular flexibility index (Phi) is 5.56. The zero-order chi connectivity index (χ0) is 16.2. The number of hydrogen-bond donors (Lipinski definition) is 2. The third kappa shape index (κ3) is 5.60. The van der Waals surface area contributed by atoms with E-state index in [1.54, 1.807) is 5.32 Å². The van der Waals surface area contributed by atoms with Gasteiger partial charge in [-0.1, -0.05) is 0 Å². The third-order valence-electron chi connectivity index (χ3n) is 3.37. The molecule has 0 aromatic rings. The Morgan fingerprint density at radius 3 is 2.29 bits per heavy atom. The van der Waals surface area contributed by atoms with E-state index in [4.69, 9.17) is 5.11 Å². The number of nitrogens with one attached hydrogen (secondary N) is 1. The standard InChI is InChI=1S/C12H17F3N2O4/c1-17(5-9(18)16-6-12(13,14)15)10(19)7-2-3-8(4-7)11(20)21/h7-8H,2-6H2,1H3,(H,16,18)(H,20,21). The van der Waals surface area contributed by atoms with E-state index >= 15 is 0 Å². The minimum absolute atomic E-state index is 0.197. The van der Waals surface area contributed by atoms with Gasteiger partial charge in [-0.3, -0.25) is 14.4 Å². The van der Waals surface area contributed by atoms with Crippen LogP contribution >= 0.6 is 0 Å². The largest absolute Gasteiger partial charge is 0.481 e. The van der Waals surface area contributed by atoms with Gasteiger partial charge in [0.05, 0.1) is 12.5 Å². The predicted molar refractivity (Wildman–Crippen MR) is 65.2 cm³/mol. The number of rotatable bonds is 5. The summed E-state index contributed by atoms with van der Waals surface area (Å²) >= 11 is 0. The first kappa shape index (κ1) is 17.3. The van der Waals surface area contributed by atoms with Crippen molar-refractivity contribution in [1.29, 1.82) is 0 Å². The number of alkyl halides is 3. The molecule has 1 rings (SSSR count). The quantitative estimate of drug-likeness (QED) is 0.779. The van der Waals surface area contributed by atoms with Crippen molar-refractivity contribution in [3.05, 3.63) is 0 Å². The second kappa shape index (κ2) is 6.77. The fourth-order valence-corrected chi connectivity index (χ4v) is 2.29. The molecule has 0 aliphatic heterocycles. The summed E-state index contributed by atoms with van der Waals surface area (Å²) in [6, 6.07) is 0. The molecule has 0 aromatic carbocycles. The van der Waals surface area contributed by atoms with Gasteiger partial charge in [0.25, 0.3) is 0 Å². The molecule has 0 bridgehead atoms. The van der Waals surface area contributed by atoms with Crippen LogP contribution in [0.15, 0.2) is 0 Å². The maximum atomic E-state index is 12.0. The van der Waals surface area contributed by atoms with Crippen molar-refractivity contribution in [3.8, 4) is 0 Å². The van der Waals surface area contributed by atoms with E-state index in [2.05, 4.69) is 0 Å². The first-order valence-corrected chi connectivity index (χ1v) is 6.41. The van der Waals surface area contributed by atoms with Gasteiger partial charge >= 0.3 is 12.1 Å². The minimum Gasteiger partial charge on any atom is -0.481 e. The van der Waals surface area contributed by atoms with Crippen molar-refractivity contribution in [2.24, 2.45) is 11.8 Å². The summed E-state index contributed by atoms with van der Waals surface area (Å²) in [5, 5.41) is 10.5. The highest BCUT2D eigenvalue weighted by molar-refractivity contribution is 5.86. The van der Waals surface area contributed by atoms with E-state index in [-0.39, 0.29) is 6.42 Å². The molecule has 1 aliphatic rings. The number of aliphatic carboxylic acids is 1. The molecule has 21 heavy (non-hydrogen) atoms. The maximum absolute atomic E-state index is 12.0. The molecule has 1 saturated carbocycles. The molecular weight excluding hydrogens is 293 g/mol. The van der Waals surface area contributed by atoms with Crippen LogP contribution in [0.25, 0.3) is 0 Å². The fourth-order valence-electron chi connectivity index (χ4n) is 2.29. The van der Waals surface area contributed by atoms with E-state index in [1.165, 1.54) is 7.05 Å². The van der Waals surface area contributed by atoms with Crippen LogP contribution in [-0.2, 0) is 14.4 Å². The van der Waals surface area contributed by atoms with E-state index < -0.39 is 48.9 Å². The number of hydrogen-bond acceptors (Lipinski definition) is 3. The van der Waals surface area contributed by atoms with Gasteiger partial charge in [-0.25, -0.2) is 0 Å². The Labute approximate surface area is 119 Å². The summed E-state index contributed by atoms with van der Waals surface area (Å²) in [4.78, 5) is 35.1. The van der Waals surface area contributed by atoms with Gasteiger partial charge in [-0.15, -0.1) is 0 Å². The molecular formula is C12H17F3N2O4. The summed E-state index contributed by atoms with van der Waals surface area (Å²) in [6.45, 7) is -1.93. The highest BCUT2D eigenvalue weighted by Crippen LogP contribution is 2.32. The van der Waals surface area contributed by atoms with Gasteiger partial charge in [-0.2, -0.15) is 13.2 Å². The lowest BCUT2D eigenvalue weighted by Gasteiger charge is -2.20. The Morgan fingerprint density at radius 1 is 1.24 bits per heavy atom. The van der Waals surface area contributed by atoms with Crippen LogP contribution in [0.5, 0.6) is 0 Å². The molecule has 9 heteroatoms. The van der Waals surface area contributed by atoms with Crippen molar-refractivity contribution < 1.29 is 32.7 Å². The van der Waals surface area contributed by atoms with Crippen molar-refractivity contribution in [2.45, 2.75) is 25.4 Å². The van der Waals surface area contributed by atoms with E-state index in [0.717, 1.165) is 4.90 Å². The molecule has 1 fully saturated rings. The van der Waals surface area contributed by atoms with Crippen LogP contribution in [0.1, 0.15) is 19.3 Å². The van der Waals surface area contributed by atoms with Gasteiger partial charge in [0.2, 0.25) is 11.8 Å². The van der Waals surface area contributed by atoms with Crippen LogP contribution in [0, 0.1) is 11.8 Å². The zero-order valence-corrected chi connectivity index (χ0v) is 11.4. The topological polar surface area (TPSA) is 86.7 Å². The molecule has 2 unspecified atom stereocenters. The normalized spacial score (nSPS) is 21.9. The lowest BCUT2D eigenvalue weighted by Crippen LogP contribution is -2.43. The number of amides is 2. The van der Waals surface area contributed by atoms with Gasteiger partial charge in [0.15, 0.2) is 0 Å². The predicted octanol–water partition coefficient (Wildman–Crippen LogP) is 0.624. The number of halogens is 3. The van der Waals surface area contributed by atoms with Crippen LogP contribution in [0.3, 0.4) is 0 Å². The first-order valence-electron chi connectivity index (χ1n) is 6.41. The van der Waals surface area contributed by atoms with Gasteiger partial charge in [0.1, 0.15) is 6.54 Å². The molecule has 0 heterocycles. The SMILES string of the molecule is CN(CC(=O)NCC(F)(F)F)C(=O)C1CCC(C(=O)O)C1. The molecule has 120 valence electrons. The lowest BCUT2D eigenvalue weighted by molar-refractivity contribution is -0.143. The average Bonchev–Trinajstić information content (AvgIpc) is 2.84. The Balaban J connectivity index is 2.41.